The van der Waals surface area contributed by atoms with Crippen molar-refractivity contribution in [1.82, 2.24) is 14.3 Å². The second-order valence-corrected chi connectivity index (χ2v) is 7.80. The minimum Gasteiger partial charge on any atom is -0.393 e. The summed E-state index contributed by atoms with van der Waals surface area (Å²) in [4.78, 5) is 9.82. The topological polar surface area (TPSA) is 144 Å². The fourth-order valence-corrected chi connectivity index (χ4v) is 4.30. The van der Waals surface area contributed by atoms with Gasteiger partial charge in [-0.25, -0.2) is 8.42 Å². The molecule has 0 unspecified atom stereocenters. The van der Waals surface area contributed by atoms with Gasteiger partial charge in [0, 0.05) is 26.2 Å². The van der Waals surface area contributed by atoms with E-state index in [0.717, 1.165) is 5.56 Å². The molecule has 0 atom stereocenters. The van der Waals surface area contributed by atoms with Crippen LogP contribution in [0, 0.1) is 0 Å². The summed E-state index contributed by atoms with van der Waals surface area (Å²) < 4.78 is 26.7. The molecular formula is C15H21N7O2S. The van der Waals surface area contributed by atoms with Crippen LogP contribution in [-0.4, -0.2) is 48.9 Å². The molecule has 10 heteroatoms. The number of aromatic nitrogens is 2. The number of piperazine rings is 1. The zero-order valence-electron chi connectivity index (χ0n) is 13.7. The van der Waals surface area contributed by atoms with Crippen molar-refractivity contribution >= 4 is 33.3 Å². The van der Waals surface area contributed by atoms with Crippen LogP contribution >= 0.6 is 0 Å². The third-order valence-electron chi connectivity index (χ3n) is 4.10. The van der Waals surface area contributed by atoms with Crippen LogP contribution in [0.5, 0.6) is 0 Å². The summed E-state index contributed by atoms with van der Waals surface area (Å²) >= 11 is 0. The lowest BCUT2D eigenvalue weighted by atomic mass is 10.2. The zero-order valence-corrected chi connectivity index (χ0v) is 14.5. The summed E-state index contributed by atoms with van der Waals surface area (Å²) in [5.74, 6) is 0.608. The van der Waals surface area contributed by atoms with Crippen molar-refractivity contribution in [2.45, 2.75) is 5.75 Å². The maximum atomic E-state index is 12.6. The molecule has 25 heavy (non-hydrogen) atoms. The lowest BCUT2D eigenvalue weighted by Crippen LogP contribution is -2.49. The number of nitrogen functional groups attached to an aromatic ring is 3. The number of rotatable bonds is 4. The van der Waals surface area contributed by atoms with E-state index in [1.807, 2.05) is 23.1 Å². The molecule has 2 heterocycles. The monoisotopic (exact) mass is 363 g/mol. The van der Waals surface area contributed by atoms with Gasteiger partial charge in [0.25, 0.3) is 0 Å². The molecule has 1 aliphatic heterocycles. The first kappa shape index (κ1) is 17.2. The Morgan fingerprint density at radius 1 is 0.960 bits per heavy atom. The number of nitrogens with zero attached hydrogens (tertiary/aromatic N) is 4. The molecule has 0 saturated carbocycles. The van der Waals surface area contributed by atoms with Crippen LogP contribution in [0.15, 0.2) is 30.3 Å². The SMILES string of the molecule is Nc1nc(N)c(N)c(N2CCN(S(=O)(=O)Cc3ccccc3)CC2)n1. The van der Waals surface area contributed by atoms with Crippen LogP contribution in [-0.2, 0) is 15.8 Å². The Bertz CT molecular complexity index is 850. The second-order valence-electron chi connectivity index (χ2n) is 5.83. The summed E-state index contributed by atoms with van der Waals surface area (Å²) in [5.41, 5.74) is 18.3. The van der Waals surface area contributed by atoms with E-state index in [2.05, 4.69) is 9.97 Å². The Balaban J connectivity index is 1.70. The number of hydrogen-bond donors (Lipinski definition) is 3. The maximum Gasteiger partial charge on any atom is 0.224 e. The second kappa shape index (κ2) is 6.73. The predicted octanol–water partition coefficient (Wildman–Crippen LogP) is -0.125. The Morgan fingerprint density at radius 2 is 1.60 bits per heavy atom. The minimum absolute atomic E-state index is 0.0105. The quantitative estimate of drug-likeness (QED) is 0.681. The molecule has 134 valence electrons. The molecule has 1 saturated heterocycles. The van der Waals surface area contributed by atoms with Crippen LogP contribution in [0.3, 0.4) is 0 Å². The Labute approximate surface area is 146 Å². The van der Waals surface area contributed by atoms with E-state index in [0.29, 0.717) is 32.0 Å². The Hall–Kier alpha value is -2.59. The molecule has 0 aliphatic carbocycles. The van der Waals surface area contributed by atoms with E-state index in [-0.39, 0.29) is 23.2 Å². The minimum atomic E-state index is -3.38. The smallest absolute Gasteiger partial charge is 0.224 e. The fraction of sp³-hybridized carbons (Fsp3) is 0.333. The molecule has 2 aromatic rings. The van der Waals surface area contributed by atoms with Crippen molar-refractivity contribution in [3.63, 3.8) is 0 Å². The van der Waals surface area contributed by atoms with Gasteiger partial charge in [-0.15, -0.1) is 0 Å². The van der Waals surface area contributed by atoms with Crippen molar-refractivity contribution in [1.29, 1.82) is 0 Å². The highest BCUT2D eigenvalue weighted by atomic mass is 32.2. The first-order valence-electron chi connectivity index (χ1n) is 7.82. The lowest BCUT2D eigenvalue weighted by molar-refractivity contribution is 0.383. The summed E-state index contributed by atoms with van der Waals surface area (Å²) in [5, 5.41) is 0. The number of nitrogens with two attached hydrogens (primary N) is 3. The van der Waals surface area contributed by atoms with Gasteiger partial charge < -0.3 is 22.1 Å². The van der Waals surface area contributed by atoms with E-state index < -0.39 is 10.0 Å². The van der Waals surface area contributed by atoms with Gasteiger partial charge in [0.1, 0.15) is 5.69 Å². The summed E-state index contributed by atoms with van der Waals surface area (Å²) in [6.07, 6.45) is 0. The van der Waals surface area contributed by atoms with Crippen molar-refractivity contribution < 1.29 is 8.42 Å². The van der Waals surface area contributed by atoms with Crippen LogP contribution in [0.1, 0.15) is 5.56 Å². The van der Waals surface area contributed by atoms with Crippen LogP contribution < -0.4 is 22.1 Å². The number of benzene rings is 1. The molecule has 3 rings (SSSR count). The molecule has 0 bridgehead atoms. The molecule has 6 N–H and O–H groups in total. The first-order chi connectivity index (χ1) is 11.9. The Morgan fingerprint density at radius 3 is 2.24 bits per heavy atom. The van der Waals surface area contributed by atoms with E-state index in [9.17, 15) is 8.42 Å². The standard InChI is InChI=1S/C15H21N7O2S/c16-12-13(17)19-15(18)20-14(12)21-6-8-22(9-7-21)25(23,24)10-11-4-2-1-3-5-11/h1-5H,6-10,16H2,(H4,17,18,19,20). The molecule has 0 spiro atoms. The molecule has 0 radical (unpaired) electrons. The van der Waals surface area contributed by atoms with Gasteiger partial charge in [0.05, 0.1) is 5.75 Å². The molecule has 1 aliphatic rings. The van der Waals surface area contributed by atoms with Crippen molar-refractivity contribution in [3.8, 4) is 0 Å². The van der Waals surface area contributed by atoms with Gasteiger partial charge in [-0.3, -0.25) is 0 Å². The highest BCUT2D eigenvalue weighted by Gasteiger charge is 2.28. The zero-order chi connectivity index (χ0) is 18.0. The van der Waals surface area contributed by atoms with Gasteiger partial charge in [-0.2, -0.15) is 14.3 Å². The molecular weight excluding hydrogens is 342 g/mol. The van der Waals surface area contributed by atoms with Gasteiger partial charge in [-0.05, 0) is 5.56 Å². The third kappa shape index (κ3) is 3.74. The maximum absolute atomic E-state index is 12.6. The molecule has 1 aromatic heterocycles. The predicted molar refractivity (Wildman–Crippen MR) is 98.1 cm³/mol. The van der Waals surface area contributed by atoms with Crippen LogP contribution in [0.4, 0.5) is 23.3 Å². The fourth-order valence-electron chi connectivity index (χ4n) is 2.79. The van der Waals surface area contributed by atoms with Gasteiger partial charge in [-0.1, -0.05) is 30.3 Å². The number of hydrogen-bond acceptors (Lipinski definition) is 8. The molecule has 1 fully saturated rings. The molecule has 0 amide bonds. The first-order valence-corrected chi connectivity index (χ1v) is 9.43. The molecule has 9 nitrogen and oxygen atoms in total. The average Bonchev–Trinajstić information content (AvgIpc) is 2.59. The summed E-state index contributed by atoms with van der Waals surface area (Å²) in [6.45, 7) is 1.60. The van der Waals surface area contributed by atoms with Crippen LogP contribution in [0.2, 0.25) is 0 Å². The average molecular weight is 363 g/mol. The van der Waals surface area contributed by atoms with E-state index >= 15 is 0 Å². The van der Waals surface area contributed by atoms with E-state index in [1.54, 1.807) is 12.1 Å². The number of sulfonamides is 1. The van der Waals surface area contributed by atoms with Gasteiger partial charge >= 0.3 is 0 Å². The normalized spacial score (nSPS) is 16.1. The van der Waals surface area contributed by atoms with E-state index in [4.69, 9.17) is 17.2 Å². The van der Waals surface area contributed by atoms with Crippen LogP contribution in [0.25, 0.3) is 0 Å². The van der Waals surface area contributed by atoms with E-state index in [1.165, 1.54) is 4.31 Å². The van der Waals surface area contributed by atoms with Gasteiger partial charge in [0.2, 0.25) is 16.0 Å². The Kier molecular flexibility index (Phi) is 4.64. The largest absolute Gasteiger partial charge is 0.393 e. The third-order valence-corrected chi connectivity index (χ3v) is 5.95. The summed E-state index contributed by atoms with van der Waals surface area (Å²) in [7, 11) is -3.38. The highest BCUT2D eigenvalue weighted by Crippen LogP contribution is 2.27. The number of anilines is 4. The van der Waals surface area contributed by atoms with Gasteiger partial charge in [0.15, 0.2) is 11.6 Å². The highest BCUT2D eigenvalue weighted by molar-refractivity contribution is 7.88. The lowest BCUT2D eigenvalue weighted by Gasteiger charge is -2.35. The molecule has 1 aromatic carbocycles. The summed E-state index contributed by atoms with van der Waals surface area (Å²) in [6, 6.07) is 9.13. The van der Waals surface area contributed by atoms with Crippen molar-refractivity contribution in [3.05, 3.63) is 35.9 Å². The van der Waals surface area contributed by atoms with Crippen molar-refractivity contribution in [2.75, 3.05) is 48.3 Å². The van der Waals surface area contributed by atoms with Crippen molar-refractivity contribution in [2.24, 2.45) is 0 Å².